The second-order valence-corrected chi connectivity index (χ2v) is 9.10. The van der Waals surface area contributed by atoms with Crippen LogP contribution in [0.2, 0.25) is 0 Å². The third kappa shape index (κ3) is 4.45. The van der Waals surface area contributed by atoms with Crippen molar-refractivity contribution in [3.63, 3.8) is 0 Å². The Morgan fingerprint density at radius 1 is 1.11 bits per heavy atom. The summed E-state index contributed by atoms with van der Waals surface area (Å²) in [5.74, 6) is 0.574. The van der Waals surface area contributed by atoms with Crippen molar-refractivity contribution in [1.82, 2.24) is 4.57 Å². The number of aromatic nitrogens is 1. The maximum Gasteiger partial charge on any atom is 0.260 e. The van der Waals surface area contributed by atoms with E-state index in [-0.39, 0.29) is 17.6 Å². The first-order valence-corrected chi connectivity index (χ1v) is 12.1. The van der Waals surface area contributed by atoms with Gasteiger partial charge in [0.15, 0.2) is 0 Å². The number of ether oxygens (including phenoxy) is 2. The first-order valence-electron chi connectivity index (χ1n) is 12.1. The van der Waals surface area contributed by atoms with E-state index in [9.17, 15) is 9.59 Å². The molecule has 4 aromatic rings. The average molecular weight is 484 g/mol. The summed E-state index contributed by atoms with van der Waals surface area (Å²) in [6.45, 7) is 3.10. The van der Waals surface area contributed by atoms with Gasteiger partial charge in [-0.05, 0) is 55.0 Å². The van der Waals surface area contributed by atoms with Crippen molar-refractivity contribution < 1.29 is 14.3 Å². The van der Waals surface area contributed by atoms with E-state index in [0.29, 0.717) is 41.4 Å². The molecule has 1 unspecified atom stereocenters. The fourth-order valence-electron chi connectivity index (χ4n) is 4.85. The van der Waals surface area contributed by atoms with Crippen molar-refractivity contribution >= 4 is 28.2 Å². The molecule has 0 radical (unpaired) electrons. The summed E-state index contributed by atoms with van der Waals surface area (Å²) in [6, 6.07) is 20.4. The zero-order valence-corrected chi connectivity index (χ0v) is 20.4. The fourth-order valence-corrected chi connectivity index (χ4v) is 4.85. The molecule has 1 aromatic heterocycles. The molecule has 1 aliphatic heterocycles. The number of nitrogens with two attached hydrogens (primary N) is 1. The number of fused-ring (bicyclic) bond motifs is 1. The van der Waals surface area contributed by atoms with E-state index in [4.69, 9.17) is 15.2 Å². The molecule has 1 saturated heterocycles. The van der Waals surface area contributed by atoms with E-state index in [1.807, 2.05) is 31.2 Å². The number of hydrogen-bond donors (Lipinski definition) is 2. The number of anilines is 2. The number of rotatable bonds is 6. The molecule has 36 heavy (non-hydrogen) atoms. The van der Waals surface area contributed by atoms with Gasteiger partial charge in [0.1, 0.15) is 11.6 Å². The van der Waals surface area contributed by atoms with Crippen molar-refractivity contribution in [3.8, 4) is 16.9 Å². The van der Waals surface area contributed by atoms with Crippen LogP contribution in [0.1, 0.15) is 28.8 Å². The van der Waals surface area contributed by atoms with Crippen LogP contribution in [0.5, 0.6) is 5.75 Å². The lowest BCUT2D eigenvalue weighted by Crippen LogP contribution is -2.29. The van der Waals surface area contributed by atoms with E-state index in [2.05, 4.69) is 11.4 Å². The van der Waals surface area contributed by atoms with Gasteiger partial charge in [0, 0.05) is 23.2 Å². The Morgan fingerprint density at radius 3 is 2.69 bits per heavy atom. The molecule has 3 N–H and O–H groups in total. The molecule has 1 aliphatic rings. The van der Waals surface area contributed by atoms with Crippen LogP contribution in [0.25, 0.3) is 21.9 Å². The second-order valence-electron chi connectivity index (χ2n) is 9.10. The third-order valence-corrected chi connectivity index (χ3v) is 6.64. The summed E-state index contributed by atoms with van der Waals surface area (Å²) in [5.41, 5.74) is 10.2. The quantitative estimate of drug-likeness (QED) is 0.402. The average Bonchev–Trinajstić information content (AvgIpc) is 3.40. The molecular weight excluding hydrogens is 454 g/mol. The van der Waals surface area contributed by atoms with E-state index < -0.39 is 0 Å². The Morgan fingerprint density at radius 2 is 1.94 bits per heavy atom. The number of nitrogens with one attached hydrogen (secondary N) is 1. The Hall–Kier alpha value is -4.10. The zero-order chi connectivity index (χ0) is 25.2. The van der Waals surface area contributed by atoms with Gasteiger partial charge < -0.3 is 20.5 Å². The van der Waals surface area contributed by atoms with E-state index >= 15 is 0 Å². The third-order valence-electron chi connectivity index (χ3n) is 6.64. The van der Waals surface area contributed by atoms with Gasteiger partial charge in [-0.15, -0.1) is 0 Å². The van der Waals surface area contributed by atoms with Gasteiger partial charge in [0.05, 0.1) is 25.3 Å². The molecular formula is C29H29N3O4. The zero-order valence-electron chi connectivity index (χ0n) is 20.4. The highest BCUT2D eigenvalue weighted by Crippen LogP contribution is 2.34. The summed E-state index contributed by atoms with van der Waals surface area (Å²) in [6.07, 6.45) is 1.80. The molecule has 5 rings (SSSR count). The van der Waals surface area contributed by atoms with Gasteiger partial charge in [-0.1, -0.05) is 48.0 Å². The highest BCUT2D eigenvalue weighted by Gasteiger charge is 2.22. The number of hydrogen-bond acceptors (Lipinski definition) is 5. The maximum absolute atomic E-state index is 13.7. The number of para-hydroxylation sites is 1. The summed E-state index contributed by atoms with van der Waals surface area (Å²) in [5, 5.41) is 4.13. The van der Waals surface area contributed by atoms with Crippen LogP contribution < -0.4 is 21.3 Å². The molecule has 7 heteroatoms. The minimum Gasteiger partial charge on any atom is -0.496 e. The smallest absolute Gasteiger partial charge is 0.260 e. The topological polar surface area (TPSA) is 95.6 Å². The molecule has 0 saturated carbocycles. The van der Waals surface area contributed by atoms with Crippen molar-refractivity contribution in [2.24, 2.45) is 0 Å². The molecule has 184 valence electrons. The molecule has 1 atom stereocenters. The monoisotopic (exact) mass is 483 g/mol. The van der Waals surface area contributed by atoms with E-state index in [1.165, 1.54) is 7.11 Å². The van der Waals surface area contributed by atoms with Gasteiger partial charge in [-0.3, -0.25) is 14.2 Å². The standard InChI is InChI=1S/C29H29N3O4/c1-18-7-5-8-19(15-18)26-22-13-12-20(31-28(33)23-10-3-4-11-25(23)35-2)16-24(22)29(34)32(27(26)30)17-21-9-6-14-36-21/h3-5,7-8,10-13,15-16,21H,6,9,14,17,30H2,1-2H3,(H,31,33). The summed E-state index contributed by atoms with van der Waals surface area (Å²) < 4.78 is 12.7. The number of carbonyl (C=O) groups is 1. The van der Waals surface area contributed by atoms with Crippen LogP contribution in [0.4, 0.5) is 11.5 Å². The molecule has 0 aliphatic carbocycles. The van der Waals surface area contributed by atoms with Crippen LogP contribution in [0.15, 0.2) is 71.5 Å². The van der Waals surface area contributed by atoms with Crippen LogP contribution in [-0.4, -0.2) is 30.3 Å². The van der Waals surface area contributed by atoms with Gasteiger partial charge in [-0.2, -0.15) is 0 Å². The Balaban J connectivity index is 1.63. The van der Waals surface area contributed by atoms with Gasteiger partial charge in [-0.25, -0.2) is 0 Å². The summed E-state index contributed by atoms with van der Waals surface area (Å²) in [7, 11) is 1.52. The van der Waals surface area contributed by atoms with E-state index in [1.54, 1.807) is 41.0 Å². The number of nitrogen functional groups attached to an aromatic ring is 1. The normalized spacial score (nSPS) is 15.2. The van der Waals surface area contributed by atoms with Crippen LogP contribution in [-0.2, 0) is 11.3 Å². The SMILES string of the molecule is COc1ccccc1C(=O)Nc1ccc2c(-c3cccc(C)c3)c(N)n(CC3CCCO3)c(=O)c2c1. The molecule has 1 fully saturated rings. The minimum atomic E-state index is -0.319. The number of carbonyl (C=O) groups excluding carboxylic acids is 1. The van der Waals surface area contributed by atoms with Gasteiger partial charge in [0.2, 0.25) is 0 Å². The largest absolute Gasteiger partial charge is 0.496 e. The molecule has 0 bridgehead atoms. The summed E-state index contributed by atoms with van der Waals surface area (Å²) in [4.78, 5) is 26.7. The van der Waals surface area contributed by atoms with E-state index in [0.717, 1.165) is 34.9 Å². The molecule has 7 nitrogen and oxygen atoms in total. The maximum atomic E-state index is 13.7. The van der Waals surface area contributed by atoms with Crippen LogP contribution >= 0.6 is 0 Å². The number of methoxy groups -OCH3 is 1. The van der Waals surface area contributed by atoms with Gasteiger partial charge >= 0.3 is 0 Å². The highest BCUT2D eigenvalue weighted by molar-refractivity contribution is 6.08. The number of amides is 1. The van der Waals surface area contributed by atoms with Crippen molar-refractivity contribution in [3.05, 3.63) is 88.2 Å². The predicted octanol–water partition coefficient (Wildman–Crippen LogP) is 5.00. The number of benzene rings is 3. The molecule has 3 aromatic carbocycles. The summed E-state index contributed by atoms with van der Waals surface area (Å²) >= 11 is 0. The van der Waals surface area contributed by atoms with Crippen molar-refractivity contribution in [2.75, 3.05) is 24.8 Å². The Kier molecular flexibility index (Phi) is 6.48. The molecule has 1 amide bonds. The predicted molar refractivity (Wildman–Crippen MR) is 143 cm³/mol. The Bertz CT molecular complexity index is 1500. The molecule has 0 spiro atoms. The lowest BCUT2D eigenvalue weighted by Gasteiger charge is -2.20. The van der Waals surface area contributed by atoms with Crippen LogP contribution in [0.3, 0.4) is 0 Å². The lowest BCUT2D eigenvalue weighted by molar-refractivity contribution is 0.0968. The first kappa shape index (κ1) is 23.6. The van der Waals surface area contributed by atoms with Crippen LogP contribution in [0, 0.1) is 6.92 Å². The van der Waals surface area contributed by atoms with Crippen molar-refractivity contribution in [1.29, 1.82) is 0 Å². The first-order chi connectivity index (χ1) is 17.5. The van der Waals surface area contributed by atoms with Gasteiger partial charge in [0.25, 0.3) is 11.5 Å². The Labute approximate surface area is 209 Å². The lowest BCUT2D eigenvalue weighted by atomic mass is 9.97. The molecule has 2 heterocycles. The minimum absolute atomic E-state index is 0.0544. The number of nitrogens with zero attached hydrogens (tertiary/aromatic N) is 1. The highest BCUT2D eigenvalue weighted by atomic mass is 16.5. The fraction of sp³-hybridized carbons (Fsp3) is 0.241. The number of aryl methyl sites for hydroxylation is 1. The van der Waals surface area contributed by atoms with Crippen molar-refractivity contribution in [2.45, 2.75) is 32.4 Å². The second kappa shape index (κ2) is 9.87. The number of pyridine rings is 1.